The fraction of sp³-hybridized carbons (Fsp3) is 0.488. The lowest BCUT2D eigenvalue weighted by atomic mass is 9.64. The third kappa shape index (κ3) is 6.41. The van der Waals surface area contributed by atoms with Crippen molar-refractivity contribution < 1.29 is 23.1 Å². The maximum absolute atomic E-state index is 15.2. The van der Waals surface area contributed by atoms with E-state index in [0.29, 0.717) is 71.3 Å². The normalized spacial score (nSPS) is 24.8. The van der Waals surface area contributed by atoms with E-state index in [-0.39, 0.29) is 34.9 Å². The molecule has 2 aliphatic carbocycles. The van der Waals surface area contributed by atoms with Crippen LogP contribution in [0.15, 0.2) is 47.4 Å². The molecule has 0 radical (unpaired) electrons. The molecule has 3 aromatic heterocycles. The Morgan fingerprint density at radius 2 is 1.83 bits per heavy atom. The minimum absolute atomic E-state index is 0.0854. The number of amides is 2. The molecule has 2 saturated carbocycles. The number of ether oxygens (including phenoxy) is 1. The second-order valence-corrected chi connectivity index (χ2v) is 17.7. The predicted molar refractivity (Wildman–Crippen MR) is 221 cm³/mol. The number of halogens is 2. The van der Waals surface area contributed by atoms with Gasteiger partial charge in [-0.2, -0.15) is 10.1 Å². The number of imide groups is 1. The number of hydrogen-bond acceptors (Lipinski definition) is 11. The van der Waals surface area contributed by atoms with Gasteiger partial charge in [0, 0.05) is 73.3 Å². The Kier molecular flexibility index (Phi) is 8.66. The van der Waals surface area contributed by atoms with Crippen LogP contribution in [0.5, 0.6) is 5.75 Å². The molecule has 2 amide bonds. The maximum atomic E-state index is 15.2. The van der Waals surface area contributed by atoms with Crippen LogP contribution in [0.2, 0.25) is 0 Å². The van der Waals surface area contributed by atoms with Crippen molar-refractivity contribution >= 4 is 62.4 Å². The zero-order chi connectivity index (χ0) is 41.0. The summed E-state index contributed by atoms with van der Waals surface area (Å²) in [6, 6.07) is 10.8. The van der Waals surface area contributed by atoms with E-state index in [2.05, 4.69) is 39.2 Å². The summed E-state index contributed by atoms with van der Waals surface area (Å²) in [6.45, 7) is 5.12. The SMILES string of the molecule is Cc1cnc(N2CC3(CC[C@@H](Nc4cccc5c(C6CCC(=O)NC6=O)nn(C)c45)[C@@H](C)C3)C2)nc1Nc1ccc2c(c1)c1c(c(=O)n2C)OCC(F)(F)[C@H](C2CC2)N1. The third-order valence-electron chi connectivity index (χ3n) is 13.4. The highest BCUT2D eigenvalue weighted by atomic mass is 19.3. The van der Waals surface area contributed by atoms with Crippen molar-refractivity contribution in [3.63, 3.8) is 0 Å². The van der Waals surface area contributed by atoms with E-state index in [9.17, 15) is 14.4 Å². The van der Waals surface area contributed by atoms with Gasteiger partial charge in [0.2, 0.25) is 23.5 Å². The quantitative estimate of drug-likeness (QED) is 0.141. The molecule has 4 N–H and O–H groups in total. The van der Waals surface area contributed by atoms with Crippen LogP contribution in [-0.2, 0) is 23.7 Å². The number of anilines is 5. The minimum Gasteiger partial charge on any atom is -0.480 e. The number of nitrogens with one attached hydrogen (secondary N) is 4. The van der Waals surface area contributed by atoms with E-state index < -0.39 is 30.0 Å². The number of aryl methyl sites for hydroxylation is 3. The number of carbonyl (C=O) groups excluding carboxylic acids is 2. The molecule has 5 aromatic rings. The highest BCUT2D eigenvalue weighted by molar-refractivity contribution is 6.03. The molecule has 14 nitrogen and oxygen atoms in total. The molecule has 3 aliphatic heterocycles. The van der Waals surface area contributed by atoms with Crippen LogP contribution in [0.4, 0.5) is 37.6 Å². The van der Waals surface area contributed by atoms with Crippen molar-refractivity contribution in [2.75, 3.05) is 40.5 Å². The number of carbonyl (C=O) groups is 2. The average Bonchev–Trinajstić information content (AvgIpc) is 3.99. The van der Waals surface area contributed by atoms with Gasteiger partial charge in [-0.15, -0.1) is 0 Å². The van der Waals surface area contributed by atoms with E-state index in [4.69, 9.17) is 19.8 Å². The van der Waals surface area contributed by atoms with Crippen molar-refractivity contribution in [1.29, 1.82) is 0 Å². The minimum atomic E-state index is -3.12. The zero-order valence-corrected chi connectivity index (χ0v) is 33.6. The molecule has 16 heteroatoms. The number of nitrogens with zero attached hydrogens (tertiary/aromatic N) is 6. The van der Waals surface area contributed by atoms with Gasteiger partial charge in [0.15, 0.2) is 6.61 Å². The number of piperidine rings is 1. The Hall–Kier alpha value is -5.80. The van der Waals surface area contributed by atoms with Crippen LogP contribution in [0, 0.1) is 24.2 Å². The second-order valence-electron chi connectivity index (χ2n) is 17.7. The topological polar surface area (TPSA) is 160 Å². The summed E-state index contributed by atoms with van der Waals surface area (Å²) in [4.78, 5) is 49.7. The summed E-state index contributed by atoms with van der Waals surface area (Å²) in [5.41, 5.74) is 4.82. The van der Waals surface area contributed by atoms with Crippen molar-refractivity contribution in [2.45, 2.75) is 82.7 Å². The van der Waals surface area contributed by atoms with Crippen LogP contribution in [-0.4, -0.2) is 73.8 Å². The third-order valence-corrected chi connectivity index (χ3v) is 13.4. The molecule has 5 aliphatic rings. The molecule has 308 valence electrons. The summed E-state index contributed by atoms with van der Waals surface area (Å²) >= 11 is 0. The molecule has 0 bridgehead atoms. The van der Waals surface area contributed by atoms with Crippen molar-refractivity contribution in [3.8, 4) is 5.75 Å². The smallest absolute Gasteiger partial charge is 0.301 e. The molecule has 2 saturated heterocycles. The van der Waals surface area contributed by atoms with E-state index in [1.165, 1.54) is 4.57 Å². The molecule has 6 heterocycles. The van der Waals surface area contributed by atoms with Crippen LogP contribution < -0.4 is 36.5 Å². The molecule has 4 atom stereocenters. The molecular weight excluding hydrogens is 759 g/mol. The van der Waals surface area contributed by atoms with E-state index in [1.54, 1.807) is 7.05 Å². The molecular formula is C43H48F2N10O4. The molecule has 2 aromatic carbocycles. The number of fused-ring (bicyclic) bond motifs is 4. The number of rotatable bonds is 7. The summed E-state index contributed by atoms with van der Waals surface area (Å²) in [5, 5.41) is 19.1. The lowest BCUT2D eigenvalue weighted by Gasteiger charge is -2.55. The number of pyridine rings is 1. The van der Waals surface area contributed by atoms with Crippen molar-refractivity contribution in [1.82, 2.24) is 29.6 Å². The van der Waals surface area contributed by atoms with Crippen LogP contribution >= 0.6 is 0 Å². The summed E-state index contributed by atoms with van der Waals surface area (Å²) in [6.07, 6.45) is 7.11. The molecule has 1 unspecified atom stereocenters. The predicted octanol–water partition coefficient (Wildman–Crippen LogP) is 6.11. The number of benzene rings is 2. The Bertz CT molecular complexity index is 2610. The van der Waals surface area contributed by atoms with Gasteiger partial charge in [0.05, 0.1) is 40.1 Å². The van der Waals surface area contributed by atoms with E-state index in [0.717, 1.165) is 54.5 Å². The van der Waals surface area contributed by atoms with Gasteiger partial charge in [-0.1, -0.05) is 19.1 Å². The molecule has 10 rings (SSSR count). The van der Waals surface area contributed by atoms with E-state index >= 15 is 8.78 Å². The van der Waals surface area contributed by atoms with Crippen molar-refractivity contribution in [3.05, 3.63) is 64.2 Å². The maximum Gasteiger partial charge on any atom is 0.301 e. The van der Waals surface area contributed by atoms with Crippen LogP contribution in [0.25, 0.3) is 21.8 Å². The number of alkyl halides is 2. The van der Waals surface area contributed by atoms with Crippen LogP contribution in [0.1, 0.15) is 69.0 Å². The first kappa shape index (κ1) is 37.5. The molecule has 4 fully saturated rings. The monoisotopic (exact) mass is 806 g/mol. The van der Waals surface area contributed by atoms with Gasteiger partial charge in [0.25, 0.3) is 5.56 Å². The van der Waals surface area contributed by atoms with Gasteiger partial charge in [-0.05, 0) is 81.5 Å². The zero-order valence-electron chi connectivity index (χ0n) is 33.6. The number of aromatic nitrogens is 5. The van der Waals surface area contributed by atoms with Crippen molar-refractivity contribution in [2.24, 2.45) is 31.3 Å². The second kappa shape index (κ2) is 13.6. The van der Waals surface area contributed by atoms with Gasteiger partial charge < -0.3 is 30.2 Å². The fourth-order valence-electron chi connectivity index (χ4n) is 10.1. The largest absolute Gasteiger partial charge is 0.480 e. The first-order valence-electron chi connectivity index (χ1n) is 20.6. The fourth-order valence-corrected chi connectivity index (χ4v) is 10.1. The molecule has 59 heavy (non-hydrogen) atoms. The first-order chi connectivity index (χ1) is 28.3. The standard InChI is InChI=1S/C43H48F2N10O4/c1-22-17-42(15-14-29(22)48-30-7-5-6-26-33(52-54(4)35(26)30)27-11-13-32(56)49-39(27)57)19-55(20-42)41-46-18-23(2)38(51-41)47-25-10-12-31-28(16-25)34-36(40(58)53(31)3)59-21-43(44,45)37(50-34)24-8-9-24/h5-7,10,12,16,18,22,24,27,29,37,48,50H,8-9,11,13-15,17,19-21H2,1-4H3,(H,46,47,51)(H,49,56,57)/t22-,27?,29+,37-/m0/s1. The first-order valence-corrected chi connectivity index (χ1v) is 20.6. The van der Waals surface area contributed by atoms with Gasteiger partial charge in [-0.25, -0.2) is 13.8 Å². The summed E-state index contributed by atoms with van der Waals surface area (Å²) in [5.74, 6) is -2.67. The highest BCUT2D eigenvalue weighted by Gasteiger charge is 2.51. The summed E-state index contributed by atoms with van der Waals surface area (Å²) < 4.78 is 39.2. The Morgan fingerprint density at radius 3 is 2.59 bits per heavy atom. The van der Waals surface area contributed by atoms with Gasteiger partial charge in [-0.3, -0.25) is 24.4 Å². The Morgan fingerprint density at radius 1 is 1.02 bits per heavy atom. The average molecular weight is 807 g/mol. The van der Waals surface area contributed by atoms with Gasteiger partial charge in [0.1, 0.15) is 5.82 Å². The Balaban J connectivity index is 0.831. The molecule has 1 spiro atoms. The van der Waals surface area contributed by atoms with Crippen LogP contribution in [0.3, 0.4) is 0 Å². The van der Waals surface area contributed by atoms with Gasteiger partial charge >= 0.3 is 5.92 Å². The Labute approximate surface area is 339 Å². The highest BCUT2D eigenvalue weighted by Crippen LogP contribution is 2.49. The van der Waals surface area contributed by atoms with E-state index in [1.807, 2.05) is 55.2 Å². The number of hydrogen-bond donors (Lipinski definition) is 4. The number of para-hydroxylation sites is 1. The lowest BCUT2D eigenvalue weighted by molar-refractivity contribution is -0.134. The summed E-state index contributed by atoms with van der Waals surface area (Å²) in [7, 11) is 3.53. The lowest BCUT2D eigenvalue weighted by Crippen LogP contribution is -2.60.